The zero-order chi connectivity index (χ0) is 18.4. The molecule has 0 saturated heterocycles. The number of carbonyl (C=O) groups is 1. The van der Waals surface area contributed by atoms with Crippen molar-refractivity contribution in [3.8, 4) is 11.8 Å². The zero-order valence-corrected chi connectivity index (χ0v) is 14.2. The zero-order valence-electron chi connectivity index (χ0n) is 14.2. The van der Waals surface area contributed by atoms with Crippen LogP contribution in [0.4, 0.5) is 5.69 Å². The Morgan fingerprint density at radius 1 is 1.36 bits per heavy atom. The molecule has 2 aromatic carbocycles. The molecular weight excluding hydrogens is 316 g/mol. The van der Waals surface area contributed by atoms with Gasteiger partial charge in [0.2, 0.25) is 0 Å². The fraction of sp³-hybridized carbons (Fsp3) is 0.200. The molecule has 1 unspecified atom stereocenters. The number of nitriles is 1. The molecule has 0 aliphatic carbocycles. The van der Waals surface area contributed by atoms with E-state index in [1.165, 1.54) is 7.11 Å². The van der Waals surface area contributed by atoms with Gasteiger partial charge in [-0.3, -0.25) is 0 Å². The van der Waals surface area contributed by atoms with E-state index in [2.05, 4.69) is 11.9 Å². The highest BCUT2D eigenvalue weighted by atomic mass is 16.5. The molecule has 0 aromatic heterocycles. The third-order valence-corrected chi connectivity index (χ3v) is 4.16. The first-order valence-corrected chi connectivity index (χ1v) is 7.82. The Morgan fingerprint density at radius 2 is 2.04 bits per heavy atom. The number of hydrogen-bond donors (Lipinski definition) is 2. The van der Waals surface area contributed by atoms with Gasteiger partial charge >= 0.3 is 5.97 Å². The van der Waals surface area contributed by atoms with E-state index in [9.17, 15) is 9.90 Å². The molecule has 0 aliphatic heterocycles. The number of carboxylic acids is 1. The lowest BCUT2D eigenvalue weighted by molar-refractivity contribution is -0.142. The number of hydrogen-bond acceptors (Lipinski definition) is 4. The average Bonchev–Trinajstić information content (AvgIpc) is 2.65. The monoisotopic (exact) mass is 336 g/mol. The van der Waals surface area contributed by atoms with Crippen molar-refractivity contribution < 1.29 is 14.6 Å². The summed E-state index contributed by atoms with van der Waals surface area (Å²) in [6.07, 6.45) is 1.96. The minimum atomic E-state index is -1.33. The second-order valence-electron chi connectivity index (χ2n) is 5.58. The molecule has 2 rings (SSSR count). The number of benzene rings is 2. The lowest BCUT2D eigenvalue weighted by Gasteiger charge is -2.31. The second kappa shape index (κ2) is 7.54. The van der Waals surface area contributed by atoms with Crippen LogP contribution < -0.4 is 10.1 Å². The maximum absolute atomic E-state index is 12.2. The SMILES string of the molecule is C=Cc1cc(OC)cc(C(CC)(Nc2ccc(C#N)cc2)C(=O)O)c1. The Balaban J connectivity index is 2.55. The molecule has 128 valence electrons. The van der Waals surface area contributed by atoms with Gasteiger partial charge in [-0.15, -0.1) is 0 Å². The first kappa shape index (κ1) is 18.1. The van der Waals surface area contributed by atoms with E-state index in [-0.39, 0.29) is 0 Å². The van der Waals surface area contributed by atoms with Gasteiger partial charge < -0.3 is 15.2 Å². The summed E-state index contributed by atoms with van der Waals surface area (Å²) < 4.78 is 5.29. The molecule has 0 aliphatic rings. The molecule has 2 N–H and O–H groups in total. The normalized spacial score (nSPS) is 12.5. The van der Waals surface area contributed by atoms with Gasteiger partial charge in [-0.05, 0) is 60.0 Å². The van der Waals surface area contributed by atoms with Crippen molar-refractivity contribution in [2.24, 2.45) is 0 Å². The molecule has 0 spiro atoms. The Kier molecular flexibility index (Phi) is 5.45. The highest BCUT2D eigenvalue weighted by molar-refractivity contribution is 5.85. The van der Waals surface area contributed by atoms with E-state index >= 15 is 0 Å². The van der Waals surface area contributed by atoms with Crippen LogP contribution >= 0.6 is 0 Å². The smallest absolute Gasteiger partial charge is 0.334 e. The summed E-state index contributed by atoms with van der Waals surface area (Å²) >= 11 is 0. The maximum atomic E-state index is 12.2. The molecule has 1 atom stereocenters. The minimum absolute atomic E-state index is 0.312. The van der Waals surface area contributed by atoms with Crippen molar-refractivity contribution in [2.45, 2.75) is 18.9 Å². The fourth-order valence-corrected chi connectivity index (χ4v) is 2.67. The van der Waals surface area contributed by atoms with Crippen LogP contribution in [0.2, 0.25) is 0 Å². The molecular formula is C20H20N2O3. The second-order valence-corrected chi connectivity index (χ2v) is 5.58. The number of carboxylic acid groups (broad SMARTS) is 1. The van der Waals surface area contributed by atoms with Gasteiger partial charge in [0.1, 0.15) is 5.75 Å². The molecule has 0 radical (unpaired) electrons. The Morgan fingerprint density at radius 3 is 2.52 bits per heavy atom. The van der Waals surface area contributed by atoms with E-state index in [0.29, 0.717) is 29.0 Å². The van der Waals surface area contributed by atoms with Crippen LogP contribution in [0.1, 0.15) is 30.0 Å². The highest BCUT2D eigenvalue weighted by Crippen LogP contribution is 2.33. The van der Waals surface area contributed by atoms with E-state index in [0.717, 1.165) is 5.56 Å². The molecule has 0 fully saturated rings. The molecule has 25 heavy (non-hydrogen) atoms. The molecule has 0 saturated carbocycles. The topological polar surface area (TPSA) is 82.3 Å². The van der Waals surface area contributed by atoms with E-state index in [1.807, 2.05) is 6.07 Å². The summed E-state index contributed by atoms with van der Waals surface area (Å²) in [4.78, 5) is 12.2. The minimum Gasteiger partial charge on any atom is -0.497 e. The summed E-state index contributed by atoms with van der Waals surface area (Å²) in [5.74, 6) is -0.435. The van der Waals surface area contributed by atoms with Crippen molar-refractivity contribution in [3.63, 3.8) is 0 Å². The average molecular weight is 336 g/mol. The van der Waals surface area contributed by atoms with Crippen molar-refractivity contribution in [1.82, 2.24) is 0 Å². The number of nitrogens with zero attached hydrogens (tertiary/aromatic N) is 1. The van der Waals surface area contributed by atoms with Crippen LogP contribution in [0.3, 0.4) is 0 Å². The van der Waals surface area contributed by atoms with Crippen molar-refractivity contribution >= 4 is 17.7 Å². The summed E-state index contributed by atoms with van der Waals surface area (Å²) in [7, 11) is 1.54. The molecule has 0 heterocycles. The van der Waals surface area contributed by atoms with E-state index < -0.39 is 11.5 Å². The maximum Gasteiger partial charge on any atom is 0.334 e. The quantitative estimate of drug-likeness (QED) is 0.798. The van der Waals surface area contributed by atoms with Crippen LogP contribution in [-0.2, 0) is 10.3 Å². The van der Waals surface area contributed by atoms with Gasteiger partial charge in [0.15, 0.2) is 5.54 Å². The Labute approximate surface area is 147 Å². The van der Waals surface area contributed by atoms with Crippen LogP contribution in [0.5, 0.6) is 5.75 Å². The number of aliphatic carboxylic acids is 1. The van der Waals surface area contributed by atoms with Gasteiger partial charge in [-0.2, -0.15) is 5.26 Å². The lowest BCUT2D eigenvalue weighted by Crippen LogP contribution is -2.43. The van der Waals surface area contributed by atoms with Gasteiger partial charge in [0.05, 0.1) is 18.7 Å². The number of methoxy groups -OCH3 is 1. The molecule has 5 nitrogen and oxygen atoms in total. The number of nitrogens with one attached hydrogen (secondary N) is 1. The molecule has 2 aromatic rings. The lowest BCUT2D eigenvalue weighted by atomic mass is 9.85. The van der Waals surface area contributed by atoms with Gasteiger partial charge in [-0.25, -0.2) is 4.79 Å². The first-order chi connectivity index (χ1) is 12.0. The Bertz CT molecular complexity index is 822. The predicted octanol–water partition coefficient (Wildman–Crippen LogP) is 4.01. The van der Waals surface area contributed by atoms with Crippen LogP contribution in [0, 0.1) is 11.3 Å². The fourth-order valence-electron chi connectivity index (χ4n) is 2.67. The number of rotatable bonds is 7. The van der Waals surface area contributed by atoms with E-state index in [1.54, 1.807) is 55.5 Å². The van der Waals surface area contributed by atoms with Crippen LogP contribution in [0.25, 0.3) is 6.08 Å². The van der Waals surface area contributed by atoms with E-state index in [4.69, 9.17) is 10.00 Å². The van der Waals surface area contributed by atoms with Gasteiger partial charge in [-0.1, -0.05) is 19.6 Å². The predicted molar refractivity (Wildman–Crippen MR) is 97.5 cm³/mol. The molecule has 0 amide bonds. The largest absolute Gasteiger partial charge is 0.497 e. The highest BCUT2D eigenvalue weighted by Gasteiger charge is 2.39. The standard InChI is InChI=1S/C20H20N2O3/c1-4-14-10-16(12-18(11-14)25-3)20(5-2,19(23)24)22-17-8-6-15(13-21)7-9-17/h4,6-12,22H,1,5H2,2-3H3,(H,23,24). The molecule has 0 bridgehead atoms. The summed E-state index contributed by atoms with van der Waals surface area (Å²) in [6.45, 7) is 5.55. The summed E-state index contributed by atoms with van der Waals surface area (Å²) in [6, 6.07) is 14.0. The van der Waals surface area contributed by atoms with Crippen molar-refractivity contribution in [3.05, 3.63) is 65.7 Å². The Hall–Kier alpha value is -3.26. The third-order valence-electron chi connectivity index (χ3n) is 4.16. The summed E-state index contributed by atoms with van der Waals surface area (Å²) in [5.41, 5.74) is 1.14. The van der Waals surface area contributed by atoms with Crippen LogP contribution in [-0.4, -0.2) is 18.2 Å². The summed E-state index contributed by atoms with van der Waals surface area (Å²) in [5, 5.41) is 22.0. The van der Waals surface area contributed by atoms with Crippen molar-refractivity contribution in [2.75, 3.05) is 12.4 Å². The third kappa shape index (κ3) is 3.64. The molecule has 5 heteroatoms. The number of anilines is 1. The first-order valence-electron chi connectivity index (χ1n) is 7.82. The number of ether oxygens (including phenoxy) is 1. The van der Waals surface area contributed by atoms with Gasteiger partial charge in [0, 0.05) is 5.69 Å². The van der Waals surface area contributed by atoms with Crippen LogP contribution in [0.15, 0.2) is 49.0 Å². The van der Waals surface area contributed by atoms with Crippen molar-refractivity contribution in [1.29, 1.82) is 5.26 Å². The van der Waals surface area contributed by atoms with Gasteiger partial charge in [0.25, 0.3) is 0 Å².